The van der Waals surface area contributed by atoms with E-state index in [1.807, 2.05) is 24.3 Å². The quantitative estimate of drug-likeness (QED) is 0.919. The third-order valence-electron chi connectivity index (χ3n) is 2.81. The van der Waals surface area contributed by atoms with E-state index in [4.69, 9.17) is 4.74 Å². The van der Waals surface area contributed by atoms with E-state index in [1.165, 1.54) is 6.33 Å². The van der Waals surface area contributed by atoms with E-state index in [1.54, 1.807) is 6.92 Å². The second kappa shape index (κ2) is 6.47. The maximum atomic E-state index is 12.0. The minimum Gasteiger partial charge on any atom is -0.481 e. The van der Waals surface area contributed by atoms with Crippen LogP contribution in [-0.4, -0.2) is 21.4 Å². The number of nitrogens with one attached hydrogen (secondary N) is 1. The number of hydrogen-bond donors (Lipinski definition) is 1. The normalized spacial score (nSPS) is 12.2. The molecule has 1 unspecified atom stereocenters. The van der Waals surface area contributed by atoms with Gasteiger partial charge in [0.2, 0.25) is 5.13 Å². The Morgan fingerprint density at radius 1 is 1.30 bits per heavy atom. The van der Waals surface area contributed by atoms with E-state index in [-0.39, 0.29) is 5.91 Å². The van der Waals surface area contributed by atoms with E-state index in [9.17, 15) is 4.79 Å². The van der Waals surface area contributed by atoms with Crippen LogP contribution in [0.1, 0.15) is 32.3 Å². The molecule has 20 heavy (non-hydrogen) atoms. The van der Waals surface area contributed by atoms with Gasteiger partial charge < -0.3 is 4.74 Å². The largest absolute Gasteiger partial charge is 0.481 e. The molecule has 0 spiro atoms. The number of rotatable bonds is 5. The van der Waals surface area contributed by atoms with Gasteiger partial charge in [-0.1, -0.05) is 32.0 Å². The molecule has 0 fully saturated rings. The van der Waals surface area contributed by atoms with Crippen LogP contribution < -0.4 is 10.1 Å². The van der Waals surface area contributed by atoms with Crippen molar-refractivity contribution >= 4 is 22.6 Å². The molecule has 1 aromatic carbocycles. The van der Waals surface area contributed by atoms with Gasteiger partial charge >= 0.3 is 0 Å². The molecule has 0 saturated heterocycles. The van der Waals surface area contributed by atoms with Crippen molar-refractivity contribution in [2.75, 3.05) is 5.32 Å². The van der Waals surface area contributed by atoms with Gasteiger partial charge in [0.25, 0.3) is 5.91 Å². The van der Waals surface area contributed by atoms with Crippen LogP contribution >= 0.6 is 11.5 Å². The maximum Gasteiger partial charge on any atom is 0.266 e. The lowest BCUT2D eigenvalue weighted by molar-refractivity contribution is -0.122. The number of aromatic nitrogens is 2. The summed E-state index contributed by atoms with van der Waals surface area (Å²) in [4.78, 5) is 15.9. The Bertz CT molecular complexity index is 570. The van der Waals surface area contributed by atoms with Crippen LogP contribution in [0.15, 0.2) is 30.6 Å². The highest BCUT2D eigenvalue weighted by molar-refractivity contribution is 7.09. The van der Waals surface area contributed by atoms with Crippen LogP contribution in [0.2, 0.25) is 0 Å². The van der Waals surface area contributed by atoms with Crippen LogP contribution in [0.4, 0.5) is 5.13 Å². The van der Waals surface area contributed by atoms with Gasteiger partial charge in [-0.15, -0.1) is 0 Å². The fourth-order valence-corrected chi connectivity index (χ4v) is 2.18. The molecule has 2 aromatic rings. The Hall–Kier alpha value is -1.95. The van der Waals surface area contributed by atoms with Crippen LogP contribution in [0.3, 0.4) is 0 Å². The molecule has 1 N–H and O–H groups in total. The molecule has 0 aliphatic carbocycles. The summed E-state index contributed by atoms with van der Waals surface area (Å²) in [5.74, 6) is 0.840. The van der Waals surface area contributed by atoms with Gasteiger partial charge in [-0.2, -0.15) is 4.37 Å². The van der Waals surface area contributed by atoms with Crippen LogP contribution in [0, 0.1) is 0 Å². The van der Waals surface area contributed by atoms with E-state index in [0.717, 1.165) is 22.8 Å². The van der Waals surface area contributed by atoms with Crippen molar-refractivity contribution < 1.29 is 9.53 Å². The van der Waals surface area contributed by atoms with Gasteiger partial charge in [-0.25, -0.2) is 4.98 Å². The highest BCUT2D eigenvalue weighted by Gasteiger charge is 2.18. The predicted molar refractivity (Wildman–Crippen MR) is 79.2 cm³/mol. The summed E-state index contributed by atoms with van der Waals surface area (Å²) in [7, 11) is 0. The fourth-order valence-electron chi connectivity index (χ4n) is 1.74. The lowest BCUT2D eigenvalue weighted by atomic mass is 10.0. The first kappa shape index (κ1) is 14.5. The Morgan fingerprint density at radius 3 is 2.70 bits per heavy atom. The highest BCUT2D eigenvalue weighted by atomic mass is 32.1. The van der Waals surface area contributed by atoms with Crippen LogP contribution in [0.5, 0.6) is 5.75 Å². The first-order chi connectivity index (χ1) is 9.58. The van der Waals surface area contributed by atoms with Gasteiger partial charge in [-0.3, -0.25) is 10.1 Å². The summed E-state index contributed by atoms with van der Waals surface area (Å²) in [5, 5.41) is 3.15. The summed E-state index contributed by atoms with van der Waals surface area (Å²) in [6.45, 7) is 5.90. The standard InChI is InChI=1S/C14H17N3O2S/c1-9(2)11-6-4-5-7-12(11)19-10(3)13(18)17-14-15-8-16-20-14/h4-10H,1-3H3,(H,15,16,17,18). The maximum absolute atomic E-state index is 12.0. The third kappa shape index (κ3) is 3.54. The number of carbonyl (C=O) groups excluding carboxylic acids is 1. The predicted octanol–water partition coefficient (Wildman–Crippen LogP) is 3.07. The number of anilines is 1. The molecule has 5 nitrogen and oxygen atoms in total. The van der Waals surface area contributed by atoms with Crippen molar-refractivity contribution in [3.05, 3.63) is 36.2 Å². The zero-order valence-electron chi connectivity index (χ0n) is 11.7. The highest BCUT2D eigenvalue weighted by Crippen LogP contribution is 2.26. The molecule has 1 amide bonds. The molecule has 6 heteroatoms. The second-order valence-corrected chi connectivity index (χ2v) is 5.47. The van der Waals surface area contributed by atoms with E-state index < -0.39 is 6.10 Å². The van der Waals surface area contributed by atoms with Crippen molar-refractivity contribution in [3.8, 4) is 5.75 Å². The average molecular weight is 291 g/mol. The fraction of sp³-hybridized carbons (Fsp3) is 0.357. The Labute approximate surface area is 122 Å². The average Bonchev–Trinajstić information content (AvgIpc) is 2.91. The molecule has 106 valence electrons. The molecule has 0 aliphatic heterocycles. The van der Waals surface area contributed by atoms with Crippen molar-refractivity contribution in [1.29, 1.82) is 0 Å². The lowest BCUT2D eigenvalue weighted by Gasteiger charge is -2.18. The van der Waals surface area contributed by atoms with Gasteiger partial charge in [0.15, 0.2) is 6.10 Å². The molecular weight excluding hydrogens is 274 g/mol. The molecule has 2 rings (SSSR count). The summed E-state index contributed by atoms with van der Waals surface area (Å²) in [6.07, 6.45) is 0.804. The molecule has 1 atom stereocenters. The van der Waals surface area contributed by atoms with Crippen molar-refractivity contribution in [1.82, 2.24) is 9.36 Å². The summed E-state index contributed by atoms with van der Waals surface area (Å²) in [6, 6.07) is 7.75. The molecular formula is C14H17N3O2S. The first-order valence-corrected chi connectivity index (χ1v) is 7.18. The zero-order chi connectivity index (χ0) is 14.5. The summed E-state index contributed by atoms with van der Waals surface area (Å²) in [5.41, 5.74) is 1.09. The zero-order valence-corrected chi connectivity index (χ0v) is 12.5. The van der Waals surface area contributed by atoms with E-state index in [0.29, 0.717) is 11.0 Å². The Morgan fingerprint density at radius 2 is 2.05 bits per heavy atom. The van der Waals surface area contributed by atoms with E-state index >= 15 is 0 Å². The second-order valence-electron chi connectivity index (χ2n) is 4.69. The van der Waals surface area contributed by atoms with Crippen molar-refractivity contribution in [2.24, 2.45) is 0 Å². The number of hydrogen-bond acceptors (Lipinski definition) is 5. The third-order valence-corrected chi connectivity index (χ3v) is 3.39. The minimum atomic E-state index is -0.598. The molecule has 0 saturated carbocycles. The SMILES string of the molecule is CC(Oc1ccccc1C(C)C)C(=O)Nc1ncns1. The monoisotopic (exact) mass is 291 g/mol. The number of amides is 1. The topological polar surface area (TPSA) is 64.1 Å². The molecule has 0 aliphatic rings. The van der Waals surface area contributed by atoms with Crippen LogP contribution in [0.25, 0.3) is 0 Å². The molecule has 1 heterocycles. The Balaban J connectivity index is 2.04. The number of benzene rings is 1. The lowest BCUT2D eigenvalue weighted by Crippen LogP contribution is -2.30. The van der Waals surface area contributed by atoms with Gasteiger partial charge in [-0.05, 0) is 24.5 Å². The van der Waals surface area contributed by atoms with Gasteiger partial charge in [0.1, 0.15) is 12.1 Å². The molecule has 1 aromatic heterocycles. The number of para-hydroxylation sites is 1. The molecule has 0 bridgehead atoms. The van der Waals surface area contributed by atoms with Gasteiger partial charge in [0, 0.05) is 11.5 Å². The number of carbonyl (C=O) groups is 1. The van der Waals surface area contributed by atoms with Gasteiger partial charge in [0.05, 0.1) is 0 Å². The van der Waals surface area contributed by atoms with Crippen molar-refractivity contribution in [3.63, 3.8) is 0 Å². The Kier molecular flexibility index (Phi) is 4.68. The summed E-state index contributed by atoms with van der Waals surface area (Å²) < 4.78 is 9.59. The summed E-state index contributed by atoms with van der Waals surface area (Å²) >= 11 is 1.13. The minimum absolute atomic E-state index is 0.236. The molecule has 0 radical (unpaired) electrons. The first-order valence-electron chi connectivity index (χ1n) is 6.41. The van der Waals surface area contributed by atoms with E-state index in [2.05, 4.69) is 28.5 Å². The number of nitrogens with zero attached hydrogens (tertiary/aromatic N) is 2. The number of ether oxygens (including phenoxy) is 1. The van der Waals surface area contributed by atoms with Crippen molar-refractivity contribution in [2.45, 2.75) is 32.8 Å². The van der Waals surface area contributed by atoms with Crippen LogP contribution in [-0.2, 0) is 4.79 Å². The smallest absolute Gasteiger partial charge is 0.266 e.